The second-order valence-corrected chi connectivity index (χ2v) is 4.51. The van der Waals surface area contributed by atoms with Gasteiger partial charge in [-0.25, -0.2) is 0 Å². The van der Waals surface area contributed by atoms with Crippen LogP contribution in [0.15, 0.2) is 18.2 Å². The zero-order valence-electron chi connectivity index (χ0n) is 10.2. The van der Waals surface area contributed by atoms with Crippen molar-refractivity contribution in [2.24, 2.45) is 5.73 Å². The zero-order valence-corrected chi connectivity index (χ0v) is 10.2. The number of carbonyl (C=O) groups excluding carboxylic acids is 1. The van der Waals surface area contributed by atoms with E-state index in [-0.39, 0.29) is 18.4 Å². The minimum absolute atomic E-state index is 0.0363. The molecule has 5 heteroatoms. The number of aliphatic carboxylic acids is 1. The van der Waals surface area contributed by atoms with E-state index < -0.39 is 5.97 Å². The van der Waals surface area contributed by atoms with E-state index in [1.165, 1.54) is 0 Å². The topological polar surface area (TPSA) is 83.6 Å². The van der Waals surface area contributed by atoms with E-state index in [2.05, 4.69) is 0 Å². The normalized spacial score (nSPS) is 15.7. The summed E-state index contributed by atoms with van der Waals surface area (Å²) in [6.07, 6.45) is 0.765. The molecule has 2 rings (SSSR count). The van der Waals surface area contributed by atoms with Gasteiger partial charge in [0.15, 0.2) is 0 Å². The summed E-state index contributed by atoms with van der Waals surface area (Å²) in [7, 11) is 1.74. The minimum Gasteiger partial charge on any atom is -0.481 e. The van der Waals surface area contributed by atoms with Gasteiger partial charge in [0, 0.05) is 25.2 Å². The third-order valence-corrected chi connectivity index (χ3v) is 3.32. The summed E-state index contributed by atoms with van der Waals surface area (Å²) in [6, 6.07) is 5.27. The molecule has 1 aliphatic heterocycles. The first-order valence-electron chi connectivity index (χ1n) is 5.86. The number of rotatable bonds is 4. The van der Waals surface area contributed by atoms with Gasteiger partial charge in [0.05, 0.1) is 6.42 Å². The van der Waals surface area contributed by atoms with Gasteiger partial charge in [0.25, 0.3) is 0 Å². The number of carboxylic acid groups (broad SMARTS) is 1. The highest BCUT2D eigenvalue weighted by atomic mass is 16.4. The molecule has 0 bridgehead atoms. The number of hydrogen-bond donors (Lipinski definition) is 2. The summed E-state index contributed by atoms with van der Waals surface area (Å²) in [4.78, 5) is 23.8. The van der Waals surface area contributed by atoms with Gasteiger partial charge in [-0.15, -0.1) is 0 Å². The molecule has 0 fully saturated rings. The number of benzene rings is 1. The Balaban J connectivity index is 2.25. The van der Waals surface area contributed by atoms with Crippen molar-refractivity contribution < 1.29 is 14.7 Å². The maximum absolute atomic E-state index is 11.7. The molecule has 0 saturated carbocycles. The Morgan fingerprint density at radius 2 is 2.28 bits per heavy atom. The van der Waals surface area contributed by atoms with Gasteiger partial charge in [0.2, 0.25) is 5.91 Å². The first-order valence-corrected chi connectivity index (χ1v) is 5.86. The van der Waals surface area contributed by atoms with Crippen LogP contribution in [0.1, 0.15) is 30.0 Å². The summed E-state index contributed by atoms with van der Waals surface area (Å²) >= 11 is 0. The third-order valence-electron chi connectivity index (χ3n) is 3.32. The molecular formula is C13H16N2O3. The summed E-state index contributed by atoms with van der Waals surface area (Å²) in [5.41, 5.74) is 8.71. The number of likely N-dealkylation sites (N-methyl/N-ethyl adjacent to an activating group) is 1. The number of fused-ring (bicyclic) bond motifs is 1. The standard InChI is InChI=1S/C13H16N2O3/c1-15-11-4-2-3-8(9(11)7-12(15)16)10(14)5-6-13(17)18/h2-4,10H,5-7,14H2,1H3,(H,17,18). The Kier molecular flexibility index (Phi) is 3.34. The summed E-state index contributed by atoms with van der Waals surface area (Å²) in [6.45, 7) is 0. The fraction of sp³-hybridized carbons (Fsp3) is 0.385. The molecule has 0 spiro atoms. The lowest BCUT2D eigenvalue weighted by atomic mass is 9.96. The van der Waals surface area contributed by atoms with Gasteiger partial charge in [-0.1, -0.05) is 12.1 Å². The van der Waals surface area contributed by atoms with Crippen molar-refractivity contribution >= 4 is 17.6 Å². The van der Waals surface area contributed by atoms with Gasteiger partial charge in [-0.05, 0) is 23.6 Å². The Labute approximate surface area is 105 Å². The van der Waals surface area contributed by atoms with Gasteiger partial charge in [-0.2, -0.15) is 0 Å². The largest absolute Gasteiger partial charge is 0.481 e. The second-order valence-electron chi connectivity index (χ2n) is 4.51. The number of carbonyl (C=O) groups is 2. The fourth-order valence-electron chi connectivity index (χ4n) is 2.28. The van der Waals surface area contributed by atoms with E-state index in [4.69, 9.17) is 10.8 Å². The highest BCUT2D eigenvalue weighted by molar-refractivity contribution is 6.01. The maximum Gasteiger partial charge on any atom is 0.303 e. The summed E-state index contributed by atoms with van der Waals surface area (Å²) in [5, 5.41) is 8.67. The van der Waals surface area contributed by atoms with E-state index >= 15 is 0 Å². The molecule has 0 saturated heterocycles. The lowest BCUT2D eigenvalue weighted by molar-refractivity contribution is -0.137. The third kappa shape index (κ3) is 2.22. The van der Waals surface area contributed by atoms with E-state index in [0.717, 1.165) is 16.8 Å². The number of hydrogen-bond acceptors (Lipinski definition) is 3. The average molecular weight is 248 g/mol. The van der Waals surface area contributed by atoms with Crippen molar-refractivity contribution in [1.29, 1.82) is 0 Å². The molecule has 1 unspecified atom stereocenters. The highest BCUT2D eigenvalue weighted by Crippen LogP contribution is 2.33. The van der Waals surface area contributed by atoms with Crippen LogP contribution >= 0.6 is 0 Å². The Hall–Kier alpha value is -1.88. The van der Waals surface area contributed by atoms with Crippen molar-refractivity contribution in [3.63, 3.8) is 0 Å². The maximum atomic E-state index is 11.7. The van der Waals surface area contributed by atoms with Crippen LogP contribution < -0.4 is 10.6 Å². The molecular weight excluding hydrogens is 232 g/mol. The molecule has 96 valence electrons. The van der Waals surface area contributed by atoms with Crippen LogP contribution in [-0.4, -0.2) is 24.0 Å². The lowest BCUT2D eigenvalue weighted by Crippen LogP contribution is -2.20. The molecule has 1 amide bonds. The molecule has 0 aromatic heterocycles. The van der Waals surface area contributed by atoms with Crippen molar-refractivity contribution in [2.75, 3.05) is 11.9 Å². The van der Waals surface area contributed by atoms with Crippen LogP contribution in [0.4, 0.5) is 5.69 Å². The van der Waals surface area contributed by atoms with Gasteiger partial charge < -0.3 is 15.7 Å². The molecule has 1 aliphatic rings. The van der Waals surface area contributed by atoms with Crippen LogP contribution in [0.25, 0.3) is 0 Å². The van der Waals surface area contributed by atoms with E-state index in [1.54, 1.807) is 11.9 Å². The first-order chi connectivity index (χ1) is 8.50. The van der Waals surface area contributed by atoms with Crippen LogP contribution in [-0.2, 0) is 16.0 Å². The Morgan fingerprint density at radius 1 is 1.56 bits per heavy atom. The summed E-state index contributed by atoms with van der Waals surface area (Å²) < 4.78 is 0. The van der Waals surface area contributed by atoms with E-state index in [0.29, 0.717) is 12.8 Å². The number of amides is 1. The van der Waals surface area contributed by atoms with E-state index in [9.17, 15) is 9.59 Å². The monoisotopic (exact) mass is 248 g/mol. The van der Waals surface area contributed by atoms with Crippen LogP contribution in [0.5, 0.6) is 0 Å². The quantitative estimate of drug-likeness (QED) is 0.834. The van der Waals surface area contributed by atoms with E-state index in [1.807, 2.05) is 18.2 Å². The van der Waals surface area contributed by atoms with Crippen molar-refractivity contribution in [2.45, 2.75) is 25.3 Å². The number of anilines is 1. The number of nitrogens with zero attached hydrogens (tertiary/aromatic N) is 1. The first kappa shape index (κ1) is 12.6. The second kappa shape index (κ2) is 4.78. The van der Waals surface area contributed by atoms with Gasteiger partial charge in [-0.3, -0.25) is 9.59 Å². The molecule has 3 N–H and O–H groups in total. The molecule has 0 radical (unpaired) electrons. The van der Waals surface area contributed by atoms with Crippen LogP contribution in [0.3, 0.4) is 0 Å². The predicted molar refractivity (Wildman–Crippen MR) is 67.4 cm³/mol. The van der Waals surface area contributed by atoms with Gasteiger partial charge in [0.1, 0.15) is 0 Å². The Morgan fingerprint density at radius 3 is 2.94 bits per heavy atom. The molecule has 1 aromatic carbocycles. The molecule has 1 aromatic rings. The molecule has 1 heterocycles. The molecule has 18 heavy (non-hydrogen) atoms. The molecule has 1 atom stereocenters. The van der Waals surface area contributed by atoms with Crippen LogP contribution in [0, 0.1) is 0 Å². The average Bonchev–Trinajstić information content (AvgIpc) is 2.62. The minimum atomic E-state index is -0.855. The highest BCUT2D eigenvalue weighted by Gasteiger charge is 2.27. The summed E-state index contributed by atoms with van der Waals surface area (Å²) in [5.74, 6) is -0.811. The Bertz CT molecular complexity index is 499. The zero-order chi connectivity index (χ0) is 13.3. The van der Waals surface area contributed by atoms with Crippen molar-refractivity contribution in [3.8, 4) is 0 Å². The number of carboxylic acids is 1. The SMILES string of the molecule is CN1C(=O)Cc2c(C(N)CCC(=O)O)cccc21. The smallest absolute Gasteiger partial charge is 0.303 e. The predicted octanol–water partition coefficient (Wildman–Crippen LogP) is 1.07. The van der Waals surface area contributed by atoms with Crippen LogP contribution in [0.2, 0.25) is 0 Å². The number of nitrogens with two attached hydrogens (primary N) is 1. The lowest BCUT2D eigenvalue weighted by Gasteiger charge is -2.16. The molecule has 0 aliphatic carbocycles. The van der Waals surface area contributed by atoms with Crippen molar-refractivity contribution in [1.82, 2.24) is 0 Å². The van der Waals surface area contributed by atoms with Crippen molar-refractivity contribution in [3.05, 3.63) is 29.3 Å². The fourth-order valence-corrected chi connectivity index (χ4v) is 2.28. The van der Waals surface area contributed by atoms with Gasteiger partial charge >= 0.3 is 5.97 Å². The molecule has 5 nitrogen and oxygen atoms in total.